The number of nitrogens with zero attached hydrogens (tertiary/aromatic N) is 1. The molecule has 1 fully saturated rings. The minimum atomic E-state index is -0.503. The van der Waals surface area contributed by atoms with Gasteiger partial charge < -0.3 is 15.7 Å². The summed E-state index contributed by atoms with van der Waals surface area (Å²) in [6.45, 7) is 1.97. The van der Waals surface area contributed by atoms with Crippen LogP contribution in [0.1, 0.15) is 44.3 Å². The number of hydrogen-bond donors (Lipinski definition) is 2. The average molecular weight is 341 g/mol. The van der Waals surface area contributed by atoms with Crippen molar-refractivity contribution in [1.29, 1.82) is 0 Å². The molecule has 0 aromatic heterocycles. The molecule has 0 radical (unpaired) electrons. The van der Waals surface area contributed by atoms with Crippen LogP contribution in [0.15, 0.2) is 22.7 Å². The van der Waals surface area contributed by atoms with E-state index in [2.05, 4.69) is 20.8 Å². The van der Waals surface area contributed by atoms with Crippen LogP contribution in [-0.2, 0) is 4.79 Å². The van der Waals surface area contributed by atoms with Gasteiger partial charge in [-0.05, 0) is 53.4 Å². The predicted molar refractivity (Wildman–Crippen MR) is 83.6 cm³/mol. The van der Waals surface area contributed by atoms with Gasteiger partial charge in [-0.15, -0.1) is 0 Å². The molecule has 0 heterocycles. The summed E-state index contributed by atoms with van der Waals surface area (Å²) in [5, 5.41) is 9.63. The number of nitrogens with two attached hydrogens (primary N) is 1. The number of carbonyl (C=O) groups is 1. The highest BCUT2D eigenvalue weighted by molar-refractivity contribution is 9.10. The van der Waals surface area contributed by atoms with Gasteiger partial charge in [0.25, 0.3) is 0 Å². The summed E-state index contributed by atoms with van der Waals surface area (Å²) < 4.78 is 0.893. The molecule has 1 amide bonds. The Bertz CT molecular complexity index is 485. The number of rotatable bonds is 5. The van der Waals surface area contributed by atoms with Gasteiger partial charge in [-0.1, -0.05) is 18.9 Å². The van der Waals surface area contributed by atoms with E-state index in [-0.39, 0.29) is 12.5 Å². The van der Waals surface area contributed by atoms with Crippen molar-refractivity contribution in [2.75, 3.05) is 11.4 Å². The summed E-state index contributed by atoms with van der Waals surface area (Å²) in [4.78, 5) is 13.4. The molecule has 0 aliphatic heterocycles. The minimum absolute atomic E-state index is 0.233. The van der Waals surface area contributed by atoms with Gasteiger partial charge in [0, 0.05) is 10.5 Å². The fraction of sp³-hybridized carbons (Fsp3) is 0.533. The smallest absolute Gasteiger partial charge is 0.236 e. The first kappa shape index (κ1) is 15.3. The molecule has 5 heteroatoms. The number of halogens is 1. The largest absolute Gasteiger partial charge is 0.389 e. The first-order valence-electron chi connectivity index (χ1n) is 7.01. The van der Waals surface area contributed by atoms with Crippen LogP contribution in [0, 0.1) is 0 Å². The van der Waals surface area contributed by atoms with Crippen LogP contribution in [0.25, 0.3) is 0 Å². The molecule has 0 spiro atoms. The molecule has 1 saturated carbocycles. The zero-order chi connectivity index (χ0) is 14.7. The first-order valence-corrected chi connectivity index (χ1v) is 7.81. The van der Waals surface area contributed by atoms with Crippen molar-refractivity contribution in [1.82, 2.24) is 0 Å². The third kappa shape index (κ3) is 3.52. The highest BCUT2D eigenvalue weighted by Crippen LogP contribution is 2.34. The molecule has 1 atom stereocenters. The molecule has 0 saturated heterocycles. The average Bonchev–Trinajstić information content (AvgIpc) is 2.89. The zero-order valence-corrected chi connectivity index (χ0v) is 13.3. The molecule has 1 aliphatic carbocycles. The van der Waals surface area contributed by atoms with E-state index in [0.29, 0.717) is 6.04 Å². The lowest BCUT2D eigenvalue weighted by atomic mass is 10.1. The normalized spacial score (nSPS) is 17.1. The van der Waals surface area contributed by atoms with E-state index in [9.17, 15) is 9.90 Å². The fourth-order valence-corrected chi connectivity index (χ4v) is 3.43. The van der Waals surface area contributed by atoms with E-state index in [1.807, 2.05) is 18.2 Å². The molecule has 3 N–H and O–H groups in total. The highest BCUT2D eigenvalue weighted by Gasteiger charge is 2.25. The van der Waals surface area contributed by atoms with Crippen molar-refractivity contribution in [3.05, 3.63) is 28.2 Å². The Hall–Kier alpha value is -1.07. The number of hydrogen-bond acceptors (Lipinski definition) is 3. The quantitative estimate of drug-likeness (QED) is 0.865. The number of amides is 1. The van der Waals surface area contributed by atoms with Gasteiger partial charge in [0.05, 0.1) is 18.3 Å². The Labute approximate surface area is 128 Å². The van der Waals surface area contributed by atoms with Gasteiger partial charge >= 0.3 is 0 Å². The zero-order valence-electron chi connectivity index (χ0n) is 11.7. The van der Waals surface area contributed by atoms with Gasteiger partial charge in [0.1, 0.15) is 0 Å². The van der Waals surface area contributed by atoms with Crippen molar-refractivity contribution >= 4 is 27.5 Å². The Kier molecular flexibility index (Phi) is 5.05. The second-order valence-corrected chi connectivity index (χ2v) is 6.27. The molecule has 1 aliphatic rings. The molecule has 0 bridgehead atoms. The third-order valence-electron chi connectivity index (χ3n) is 3.86. The van der Waals surface area contributed by atoms with Crippen LogP contribution in [0.5, 0.6) is 0 Å². The van der Waals surface area contributed by atoms with Crippen molar-refractivity contribution in [3.8, 4) is 0 Å². The molecule has 20 heavy (non-hydrogen) atoms. The molecular formula is C15H21BrN2O2. The maximum atomic E-state index is 11.4. The van der Waals surface area contributed by atoms with Gasteiger partial charge in [0.15, 0.2) is 0 Å². The summed E-state index contributed by atoms with van der Waals surface area (Å²) in [6, 6.07) is 6.13. The number of aliphatic hydroxyl groups is 1. The topological polar surface area (TPSA) is 66.6 Å². The lowest BCUT2D eigenvalue weighted by molar-refractivity contribution is -0.116. The molecule has 1 aromatic carbocycles. The van der Waals surface area contributed by atoms with Crippen LogP contribution in [0.2, 0.25) is 0 Å². The van der Waals surface area contributed by atoms with Gasteiger partial charge in [-0.25, -0.2) is 0 Å². The minimum Gasteiger partial charge on any atom is -0.389 e. The van der Waals surface area contributed by atoms with Crippen LogP contribution in [0.4, 0.5) is 5.69 Å². The Morgan fingerprint density at radius 3 is 2.65 bits per heavy atom. The van der Waals surface area contributed by atoms with E-state index in [1.54, 1.807) is 6.92 Å². The lowest BCUT2D eigenvalue weighted by Crippen LogP contribution is -2.40. The van der Waals surface area contributed by atoms with E-state index < -0.39 is 6.10 Å². The van der Waals surface area contributed by atoms with E-state index >= 15 is 0 Å². The maximum Gasteiger partial charge on any atom is 0.236 e. The molecule has 1 unspecified atom stereocenters. The van der Waals surface area contributed by atoms with Crippen molar-refractivity contribution in [3.63, 3.8) is 0 Å². The predicted octanol–water partition coefficient (Wildman–Crippen LogP) is 2.74. The fourth-order valence-electron chi connectivity index (χ4n) is 2.81. The number of anilines is 1. The first-order chi connectivity index (χ1) is 9.49. The number of benzene rings is 1. The number of carbonyl (C=O) groups excluding carboxylic acids is 1. The highest BCUT2D eigenvalue weighted by atomic mass is 79.9. The van der Waals surface area contributed by atoms with Gasteiger partial charge in [-0.3, -0.25) is 4.79 Å². The van der Waals surface area contributed by atoms with E-state index in [0.717, 1.165) is 28.6 Å². The second-order valence-electron chi connectivity index (χ2n) is 5.42. The molecule has 2 rings (SSSR count). The van der Waals surface area contributed by atoms with Crippen LogP contribution in [-0.4, -0.2) is 23.6 Å². The van der Waals surface area contributed by atoms with E-state index in [1.165, 1.54) is 12.8 Å². The summed E-state index contributed by atoms with van der Waals surface area (Å²) in [7, 11) is 0. The monoisotopic (exact) mass is 340 g/mol. The summed E-state index contributed by atoms with van der Waals surface area (Å²) >= 11 is 3.55. The van der Waals surface area contributed by atoms with Crippen LogP contribution < -0.4 is 10.6 Å². The Morgan fingerprint density at radius 1 is 1.50 bits per heavy atom. The maximum absolute atomic E-state index is 11.4. The molecule has 1 aromatic rings. The van der Waals surface area contributed by atoms with Crippen molar-refractivity contribution in [2.24, 2.45) is 5.73 Å². The summed E-state index contributed by atoms with van der Waals surface area (Å²) in [5.41, 5.74) is 7.22. The number of aliphatic hydroxyl groups excluding tert-OH is 1. The summed E-state index contributed by atoms with van der Waals surface area (Å²) in [6.07, 6.45) is 4.08. The van der Waals surface area contributed by atoms with Gasteiger partial charge in [0.2, 0.25) is 5.91 Å². The molecule has 110 valence electrons. The standard InChI is InChI=1S/C15H21BrN2O2/c1-10(19)11-6-7-14(13(16)8-11)18(9-15(17)20)12-4-2-3-5-12/h6-8,10,12,19H,2-5,9H2,1H3,(H2,17,20). The van der Waals surface area contributed by atoms with Crippen molar-refractivity contribution in [2.45, 2.75) is 44.8 Å². The van der Waals surface area contributed by atoms with E-state index in [4.69, 9.17) is 5.73 Å². The summed E-state index contributed by atoms with van der Waals surface area (Å²) in [5.74, 6) is -0.316. The Balaban J connectivity index is 2.30. The van der Waals surface area contributed by atoms with Crippen LogP contribution in [0.3, 0.4) is 0 Å². The Morgan fingerprint density at radius 2 is 2.15 bits per heavy atom. The second kappa shape index (κ2) is 6.59. The number of primary amides is 1. The molecular weight excluding hydrogens is 320 g/mol. The lowest BCUT2D eigenvalue weighted by Gasteiger charge is -2.31. The molecule has 4 nitrogen and oxygen atoms in total. The van der Waals surface area contributed by atoms with Crippen molar-refractivity contribution < 1.29 is 9.90 Å². The van der Waals surface area contributed by atoms with Gasteiger partial charge in [-0.2, -0.15) is 0 Å². The third-order valence-corrected chi connectivity index (χ3v) is 4.49. The van der Waals surface area contributed by atoms with Crippen LogP contribution >= 0.6 is 15.9 Å². The SMILES string of the molecule is CC(O)c1ccc(N(CC(N)=O)C2CCCC2)c(Br)c1.